The van der Waals surface area contributed by atoms with Crippen molar-refractivity contribution in [1.82, 2.24) is 5.01 Å². The van der Waals surface area contributed by atoms with Crippen LogP contribution in [0, 0.1) is 5.82 Å². The number of halogens is 1. The molecule has 2 unspecified atom stereocenters. The van der Waals surface area contributed by atoms with E-state index in [0.29, 0.717) is 36.7 Å². The smallest absolute Gasteiger partial charge is 0.214 e. The molecule has 6 heteroatoms. The van der Waals surface area contributed by atoms with Crippen LogP contribution in [0.25, 0.3) is 0 Å². The number of para-hydroxylation sites is 1. The van der Waals surface area contributed by atoms with E-state index in [4.69, 9.17) is 19.3 Å². The zero-order valence-corrected chi connectivity index (χ0v) is 18.1. The van der Waals surface area contributed by atoms with Crippen LogP contribution in [-0.2, 0) is 0 Å². The summed E-state index contributed by atoms with van der Waals surface area (Å²) in [6.45, 7) is 5.07. The highest BCUT2D eigenvalue weighted by Gasteiger charge is 2.42. The van der Waals surface area contributed by atoms with Crippen molar-refractivity contribution in [3.63, 3.8) is 0 Å². The first-order chi connectivity index (χ1) is 15.7. The van der Waals surface area contributed by atoms with E-state index in [2.05, 4.69) is 0 Å². The van der Waals surface area contributed by atoms with Crippen molar-refractivity contribution in [2.75, 3.05) is 13.2 Å². The van der Waals surface area contributed by atoms with Crippen LogP contribution in [0.3, 0.4) is 0 Å². The molecular formula is C26H25FN2O3. The van der Waals surface area contributed by atoms with Crippen LogP contribution in [-0.4, -0.2) is 23.9 Å². The Morgan fingerprint density at radius 2 is 1.78 bits per heavy atom. The zero-order valence-electron chi connectivity index (χ0n) is 18.1. The first-order valence-electron chi connectivity index (χ1n) is 10.9. The molecule has 5 rings (SSSR count). The van der Waals surface area contributed by atoms with Crippen LogP contribution in [0.1, 0.15) is 49.2 Å². The highest BCUT2D eigenvalue weighted by atomic mass is 19.1. The van der Waals surface area contributed by atoms with Crippen LogP contribution in [0.5, 0.6) is 17.2 Å². The van der Waals surface area contributed by atoms with Gasteiger partial charge >= 0.3 is 0 Å². The summed E-state index contributed by atoms with van der Waals surface area (Å²) in [6.07, 6.45) is 0.163. The topological polar surface area (TPSA) is 43.3 Å². The largest absolute Gasteiger partial charge is 0.494 e. The van der Waals surface area contributed by atoms with E-state index in [1.54, 1.807) is 6.07 Å². The van der Waals surface area contributed by atoms with Crippen LogP contribution >= 0.6 is 0 Å². The molecule has 2 heterocycles. The monoisotopic (exact) mass is 432 g/mol. The molecule has 0 bridgehead atoms. The molecule has 0 radical (unpaired) electrons. The average Bonchev–Trinajstić information content (AvgIpc) is 3.25. The fourth-order valence-corrected chi connectivity index (χ4v) is 4.32. The number of benzene rings is 3. The van der Waals surface area contributed by atoms with Gasteiger partial charge in [0, 0.05) is 17.5 Å². The van der Waals surface area contributed by atoms with Crippen molar-refractivity contribution in [2.45, 2.75) is 32.5 Å². The minimum absolute atomic E-state index is 0.0333. The molecule has 0 spiro atoms. The van der Waals surface area contributed by atoms with E-state index in [9.17, 15) is 4.39 Å². The molecule has 0 aromatic heterocycles. The molecular weight excluding hydrogens is 407 g/mol. The fourth-order valence-electron chi connectivity index (χ4n) is 4.32. The molecule has 0 saturated heterocycles. The molecule has 32 heavy (non-hydrogen) atoms. The van der Waals surface area contributed by atoms with Gasteiger partial charge in [-0.05, 0) is 61.9 Å². The summed E-state index contributed by atoms with van der Waals surface area (Å²) in [5.41, 5.74) is 3.72. The first kappa shape index (κ1) is 20.4. The third kappa shape index (κ3) is 3.66. The molecule has 2 aliphatic rings. The lowest BCUT2D eigenvalue weighted by Crippen LogP contribution is -2.34. The van der Waals surface area contributed by atoms with Gasteiger partial charge in [-0.1, -0.05) is 24.3 Å². The number of ether oxygens (including phenoxy) is 3. The van der Waals surface area contributed by atoms with Crippen molar-refractivity contribution in [3.8, 4) is 17.2 Å². The standard InChI is InChI=1S/C26H25FN2O3/c1-3-30-20-13-11-17(12-14-20)22-16-23-21-9-6-10-24(31-4-2)25(21)32-26(29(23)28-22)18-7-5-8-19(27)15-18/h5-15,23,26H,3-4,16H2,1-2H3. The van der Waals surface area contributed by atoms with Gasteiger partial charge in [-0.3, -0.25) is 0 Å². The summed E-state index contributed by atoms with van der Waals surface area (Å²) >= 11 is 0. The second-order valence-corrected chi connectivity index (χ2v) is 7.74. The van der Waals surface area contributed by atoms with Gasteiger partial charge in [-0.15, -0.1) is 0 Å². The Labute approximate surface area is 187 Å². The van der Waals surface area contributed by atoms with Crippen LogP contribution in [0.2, 0.25) is 0 Å². The lowest BCUT2D eigenvalue weighted by molar-refractivity contribution is -0.0214. The maximum Gasteiger partial charge on any atom is 0.214 e. The lowest BCUT2D eigenvalue weighted by Gasteiger charge is -2.38. The van der Waals surface area contributed by atoms with E-state index in [1.807, 2.05) is 67.4 Å². The fraction of sp³-hybridized carbons (Fsp3) is 0.269. The number of hydrogen-bond acceptors (Lipinski definition) is 5. The van der Waals surface area contributed by atoms with Crippen molar-refractivity contribution < 1.29 is 18.6 Å². The molecule has 5 nitrogen and oxygen atoms in total. The molecule has 2 aliphatic heterocycles. The van der Waals surface area contributed by atoms with Crippen LogP contribution in [0.4, 0.5) is 4.39 Å². The normalized spacial score (nSPS) is 19.0. The Bertz CT molecular complexity index is 1150. The third-order valence-electron chi connectivity index (χ3n) is 5.71. The van der Waals surface area contributed by atoms with Crippen LogP contribution < -0.4 is 14.2 Å². The number of hydrogen-bond donors (Lipinski definition) is 0. The quantitative estimate of drug-likeness (QED) is 0.489. The van der Waals surface area contributed by atoms with Gasteiger partial charge in [0.2, 0.25) is 6.23 Å². The zero-order chi connectivity index (χ0) is 22.1. The molecule has 0 N–H and O–H groups in total. The predicted molar refractivity (Wildman–Crippen MR) is 121 cm³/mol. The summed E-state index contributed by atoms with van der Waals surface area (Å²) in [5.74, 6) is 1.93. The van der Waals surface area contributed by atoms with E-state index >= 15 is 0 Å². The lowest BCUT2D eigenvalue weighted by atomic mass is 9.95. The van der Waals surface area contributed by atoms with Gasteiger partial charge in [-0.2, -0.15) is 5.10 Å². The Kier molecular flexibility index (Phi) is 5.43. The van der Waals surface area contributed by atoms with E-state index in [-0.39, 0.29) is 11.9 Å². The average molecular weight is 432 g/mol. The Hall–Kier alpha value is -3.54. The van der Waals surface area contributed by atoms with Crippen LogP contribution in [0.15, 0.2) is 71.8 Å². The molecule has 0 saturated carbocycles. The van der Waals surface area contributed by atoms with Crippen molar-refractivity contribution in [3.05, 3.63) is 89.2 Å². The Morgan fingerprint density at radius 1 is 1.00 bits per heavy atom. The summed E-state index contributed by atoms with van der Waals surface area (Å²) < 4.78 is 31.9. The van der Waals surface area contributed by atoms with Gasteiger partial charge in [0.05, 0.1) is 25.0 Å². The molecule has 0 aliphatic carbocycles. The molecule has 0 amide bonds. The third-order valence-corrected chi connectivity index (χ3v) is 5.71. The highest BCUT2D eigenvalue weighted by Crippen LogP contribution is 2.50. The van der Waals surface area contributed by atoms with E-state index < -0.39 is 6.23 Å². The minimum Gasteiger partial charge on any atom is -0.494 e. The summed E-state index contributed by atoms with van der Waals surface area (Å²) in [7, 11) is 0. The van der Waals surface area contributed by atoms with Gasteiger partial charge in [0.1, 0.15) is 11.6 Å². The van der Waals surface area contributed by atoms with E-state index in [0.717, 1.165) is 22.6 Å². The van der Waals surface area contributed by atoms with Gasteiger partial charge in [0.15, 0.2) is 11.5 Å². The molecule has 3 aromatic carbocycles. The molecule has 0 fully saturated rings. The van der Waals surface area contributed by atoms with Crippen molar-refractivity contribution >= 4 is 5.71 Å². The summed E-state index contributed by atoms with van der Waals surface area (Å²) in [5, 5.41) is 6.88. The summed E-state index contributed by atoms with van der Waals surface area (Å²) in [6, 6.07) is 20.4. The number of nitrogens with zero attached hydrogens (tertiary/aromatic N) is 2. The Balaban J connectivity index is 1.56. The second kappa shape index (κ2) is 8.54. The maximum atomic E-state index is 14.1. The number of fused-ring (bicyclic) bond motifs is 3. The van der Waals surface area contributed by atoms with Gasteiger partial charge < -0.3 is 14.2 Å². The molecule has 2 atom stereocenters. The number of hydrazone groups is 1. The SMILES string of the molecule is CCOc1ccc(C2=NN3C(C2)c2cccc(OCC)c2OC3c2cccc(F)c2)cc1. The van der Waals surface area contributed by atoms with Gasteiger partial charge in [0.25, 0.3) is 0 Å². The molecule has 3 aromatic rings. The minimum atomic E-state index is -0.551. The first-order valence-corrected chi connectivity index (χ1v) is 10.9. The second-order valence-electron chi connectivity index (χ2n) is 7.74. The summed E-state index contributed by atoms with van der Waals surface area (Å²) in [4.78, 5) is 0. The highest BCUT2D eigenvalue weighted by molar-refractivity contribution is 6.02. The van der Waals surface area contributed by atoms with Crippen molar-refractivity contribution in [2.24, 2.45) is 5.10 Å². The number of rotatable bonds is 6. The Morgan fingerprint density at radius 3 is 2.53 bits per heavy atom. The van der Waals surface area contributed by atoms with Gasteiger partial charge in [-0.25, -0.2) is 9.40 Å². The molecule has 164 valence electrons. The maximum absolute atomic E-state index is 14.1. The predicted octanol–water partition coefficient (Wildman–Crippen LogP) is 5.87. The van der Waals surface area contributed by atoms with Crippen molar-refractivity contribution in [1.29, 1.82) is 0 Å². The van der Waals surface area contributed by atoms with E-state index in [1.165, 1.54) is 12.1 Å².